The zero-order chi connectivity index (χ0) is 29.0. The summed E-state index contributed by atoms with van der Waals surface area (Å²) >= 11 is 0. The standard InChI is InChI=1S/C39H74N.ClH/c1-5-9-12-15-18-21-24-30-35-40(36-31-25-22-19-16-13-10-6-2,37-32-26-23-20-17-14-11-7-3)39(8-4)38-33-28-27-29-34-38;/h27-29,33-34,39H,5-26,30-32,35-37H2,1-4H3;1H/q+1;/p-1. The highest BCUT2D eigenvalue weighted by Crippen LogP contribution is 2.34. The van der Waals surface area contributed by atoms with Crippen molar-refractivity contribution in [1.29, 1.82) is 0 Å². The molecule has 0 amide bonds. The highest BCUT2D eigenvalue weighted by molar-refractivity contribution is 5.17. The average molecular weight is 592 g/mol. The Balaban J connectivity index is 0.0000160. The first-order chi connectivity index (χ1) is 19.7. The Morgan fingerprint density at radius 3 is 1.00 bits per heavy atom. The van der Waals surface area contributed by atoms with Gasteiger partial charge in [-0.3, -0.25) is 0 Å². The van der Waals surface area contributed by atoms with E-state index >= 15 is 0 Å². The van der Waals surface area contributed by atoms with Gasteiger partial charge in [0.25, 0.3) is 0 Å². The van der Waals surface area contributed by atoms with E-state index in [1.54, 1.807) is 5.56 Å². The quantitative estimate of drug-likeness (QED) is 0.0616. The molecule has 0 spiro atoms. The number of halogens is 1. The Bertz CT molecular complexity index is 579. The first-order valence-corrected chi connectivity index (χ1v) is 18.6. The number of hydrogen-bond donors (Lipinski definition) is 0. The Morgan fingerprint density at radius 1 is 0.415 bits per heavy atom. The molecule has 1 nitrogen and oxygen atoms in total. The molecule has 0 saturated heterocycles. The maximum Gasteiger partial charge on any atom is 0.114 e. The number of benzene rings is 1. The molecule has 1 atom stereocenters. The minimum Gasteiger partial charge on any atom is -1.00 e. The van der Waals surface area contributed by atoms with Gasteiger partial charge in [-0.2, -0.15) is 0 Å². The minimum absolute atomic E-state index is 0. The zero-order valence-electron chi connectivity index (χ0n) is 28.6. The second-order valence-electron chi connectivity index (χ2n) is 13.1. The van der Waals surface area contributed by atoms with Gasteiger partial charge >= 0.3 is 0 Å². The van der Waals surface area contributed by atoms with E-state index in [0.29, 0.717) is 6.04 Å². The van der Waals surface area contributed by atoms with Gasteiger partial charge < -0.3 is 16.9 Å². The van der Waals surface area contributed by atoms with Crippen molar-refractivity contribution in [3.63, 3.8) is 0 Å². The second-order valence-corrected chi connectivity index (χ2v) is 13.1. The summed E-state index contributed by atoms with van der Waals surface area (Å²) in [5, 5.41) is 0. The number of quaternary nitrogens is 1. The van der Waals surface area contributed by atoms with Crippen molar-refractivity contribution in [3.8, 4) is 0 Å². The highest BCUT2D eigenvalue weighted by atomic mass is 35.5. The van der Waals surface area contributed by atoms with Crippen molar-refractivity contribution in [2.24, 2.45) is 0 Å². The lowest BCUT2D eigenvalue weighted by molar-refractivity contribution is -0.958. The number of rotatable bonds is 30. The van der Waals surface area contributed by atoms with Crippen molar-refractivity contribution in [2.75, 3.05) is 19.6 Å². The molecular weight excluding hydrogens is 518 g/mol. The molecule has 0 heterocycles. The molecule has 1 rings (SSSR count). The van der Waals surface area contributed by atoms with Gasteiger partial charge in [-0.05, 0) is 38.5 Å². The molecule has 0 aliphatic carbocycles. The molecule has 0 saturated carbocycles. The van der Waals surface area contributed by atoms with Crippen LogP contribution in [0, 0.1) is 0 Å². The van der Waals surface area contributed by atoms with E-state index in [0.717, 1.165) is 0 Å². The maximum atomic E-state index is 2.47. The molecule has 0 aliphatic heterocycles. The molecule has 0 N–H and O–H groups in total. The molecule has 0 aliphatic rings. The number of unbranched alkanes of at least 4 members (excludes halogenated alkanes) is 21. The van der Waals surface area contributed by atoms with Crippen LogP contribution in [0.2, 0.25) is 0 Å². The highest BCUT2D eigenvalue weighted by Gasteiger charge is 2.35. The van der Waals surface area contributed by atoms with Crippen LogP contribution in [-0.2, 0) is 0 Å². The Labute approximate surface area is 266 Å². The van der Waals surface area contributed by atoms with Gasteiger partial charge in [0, 0.05) is 12.0 Å². The molecule has 0 radical (unpaired) electrons. The van der Waals surface area contributed by atoms with E-state index in [2.05, 4.69) is 58.0 Å². The third kappa shape index (κ3) is 20.1. The summed E-state index contributed by atoms with van der Waals surface area (Å²) in [5.41, 5.74) is 1.60. The molecule has 0 fully saturated rings. The van der Waals surface area contributed by atoms with Gasteiger partial charge in [-0.25, -0.2) is 0 Å². The molecule has 0 bridgehead atoms. The van der Waals surface area contributed by atoms with Gasteiger partial charge in [0.05, 0.1) is 19.6 Å². The van der Waals surface area contributed by atoms with Gasteiger partial charge in [-0.15, -0.1) is 0 Å². The summed E-state index contributed by atoms with van der Waals surface area (Å²) in [6.07, 6.45) is 35.6. The van der Waals surface area contributed by atoms with Crippen LogP contribution in [-0.4, -0.2) is 24.1 Å². The first-order valence-electron chi connectivity index (χ1n) is 18.6. The van der Waals surface area contributed by atoms with E-state index in [-0.39, 0.29) is 12.4 Å². The van der Waals surface area contributed by atoms with E-state index in [9.17, 15) is 0 Å². The smallest absolute Gasteiger partial charge is 0.114 e. The molecule has 2 heteroatoms. The average Bonchev–Trinajstić information content (AvgIpc) is 2.98. The predicted molar refractivity (Wildman–Crippen MR) is 182 cm³/mol. The molecule has 1 aromatic carbocycles. The van der Waals surface area contributed by atoms with E-state index in [1.165, 1.54) is 185 Å². The lowest BCUT2D eigenvalue weighted by Crippen LogP contribution is -3.00. The fraction of sp³-hybridized carbons (Fsp3) is 0.846. The van der Waals surface area contributed by atoms with Crippen LogP contribution in [0.4, 0.5) is 0 Å². The van der Waals surface area contributed by atoms with Crippen LogP contribution < -0.4 is 12.4 Å². The zero-order valence-corrected chi connectivity index (χ0v) is 29.3. The second kappa shape index (κ2) is 29.5. The van der Waals surface area contributed by atoms with Crippen LogP contribution in [0.1, 0.15) is 200 Å². The summed E-state index contributed by atoms with van der Waals surface area (Å²) in [5.74, 6) is 0. The van der Waals surface area contributed by atoms with Gasteiger partial charge in [0.1, 0.15) is 6.04 Å². The van der Waals surface area contributed by atoms with E-state index < -0.39 is 0 Å². The van der Waals surface area contributed by atoms with Crippen LogP contribution in [0.15, 0.2) is 30.3 Å². The van der Waals surface area contributed by atoms with Crippen LogP contribution in [0.3, 0.4) is 0 Å². The minimum atomic E-state index is 0. The summed E-state index contributed by atoms with van der Waals surface area (Å²) in [6, 6.07) is 12.3. The summed E-state index contributed by atoms with van der Waals surface area (Å²) in [4.78, 5) is 0. The molecule has 0 aromatic heterocycles. The van der Waals surface area contributed by atoms with Gasteiger partial charge in [0.2, 0.25) is 0 Å². The van der Waals surface area contributed by atoms with E-state index in [1.807, 2.05) is 0 Å². The molecule has 41 heavy (non-hydrogen) atoms. The Kier molecular flexibility index (Phi) is 29.2. The van der Waals surface area contributed by atoms with Crippen LogP contribution >= 0.6 is 0 Å². The summed E-state index contributed by atoms with van der Waals surface area (Å²) in [7, 11) is 0. The molecule has 1 unspecified atom stereocenters. The van der Waals surface area contributed by atoms with Crippen molar-refractivity contribution >= 4 is 0 Å². The van der Waals surface area contributed by atoms with E-state index in [4.69, 9.17) is 0 Å². The Morgan fingerprint density at radius 2 is 0.707 bits per heavy atom. The normalized spacial score (nSPS) is 12.4. The largest absolute Gasteiger partial charge is 1.00 e. The maximum absolute atomic E-state index is 2.47. The van der Waals surface area contributed by atoms with Crippen molar-refractivity contribution in [2.45, 2.75) is 194 Å². The van der Waals surface area contributed by atoms with Crippen molar-refractivity contribution in [1.82, 2.24) is 0 Å². The lowest BCUT2D eigenvalue weighted by atomic mass is 9.96. The summed E-state index contributed by atoms with van der Waals surface area (Å²) < 4.78 is 1.36. The predicted octanol–water partition coefficient (Wildman–Crippen LogP) is 10.4. The molecule has 1 aromatic rings. The van der Waals surface area contributed by atoms with Gasteiger partial charge in [0.15, 0.2) is 0 Å². The third-order valence-electron chi connectivity index (χ3n) is 9.60. The van der Waals surface area contributed by atoms with Crippen LogP contribution in [0.25, 0.3) is 0 Å². The molecular formula is C39H74ClN. The number of nitrogens with zero attached hydrogens (tertiary/aromatic N) is 1. The monoisotopic (exact) mass is 592 g/mol. The lowest BCUT2D eigenvalue weighted by Gasteiger charge is -2.46. The SMILES string of the molecule is CCCCCCCCCC[N+](CCCCCCCCCC)(CCCCCCCCCC)C(CC)c1ccccc1.[Cl-]. The molecule has 242 valence electrons. The van der Waals surface area contributed by atoms with Gasteiger partial charge in [-0.1, -0.05) is 174 Å². The van der Waals surface area contributed by atoms with Crippen molar-refractivity contribution in [3.05, 3.63) is 35.9 Å². The summed E-state index contributed by atoms with van der Waals surface area (Å²) in [6.45, 7) is 13.6. The topological polar surface area (TPSA) is 0 Å². The third-order valence-corrected chi connectivity index (χ3v) is 9.60. The fourth-order valence-corrected chi connectivity index (χ4v) is 7.10. The Hall–Kier alpha value is -0.530. The van der Waals surface area contributed by atoms with Crippen LogP contribution in [0.5, 0.6) is 0 Å². The number of hydrogen-bond acceptors (Lipinski definition) is 0. The first kappa shape index (κ1) is 40.5. The fourth-order valence-electron chi connectivity index (χ4n) is 7.10. The van der Waals surface area contributed by atoms with Crippen molar-refractivity contribution < 1.29 is 16.9 Å².